The zero-order valence-corrected chi connectivity index (χ0v) is 14.2. The molecule has 0 bridgehead atoms. The number of hydrogen-bond donors (Lipinski definition) is 1. The van der Waals surface area contributed by atoms with Gasteiger partial charge in [0.15, 0.2) is 0 Å². The Morgan fingerprint density at radius 2 is 1.77 bits per heavy atom. The topological polar surface area (TPSA) is 42.2 Å². The van der Waals surface area contributed by atoms with Gasteiger partial charge in [0.25, 0.3) is 0 Å². The van der Waals surface area contributed by atoms with Crippen LogP contribution in [-0.4, -0.2) is 15.8 Å². The van der Waals surface area contributed by atoms with E-state index in [0.717, 1.165) is 29.0 Å². The number of aliphatic imine (C=N–C) groups is 1. The summed E-state index contributed by atoms with van der Waals surface area (Å²) in [7, 11) is 0. The van der Waals surface area contributed by atoms with E-state index in [4.69, 9.17) is 0 Å². The lowest BCUT2D eigenvalue weighted by atomic mass is 10.1. The Labute approximate surface area is 151 Å². The van der Waals surface area contributed by atoms with Gasteiger partial charge in [-0.15, -0.1) is 0 Å². The molecular formula is C22H18N4. The Kier molecular flexibility index (Phi) is 3.53. The van der Waals surface area contributed by atoms with E-state index in [2.05, 4.69) is 74.5 Å². The molecule has 0 aliphatic carbocycles. The fourth-order valence-corrected chi connectivity index (χ4v) is 3.18. The van der Waals surface area contributed by atoms with E-state index in [0.29, 0.717) is 6.04 Å². The van der Waals surface area contributed by atoms with Gasteiger partial charge in [0, 0.05) is 24.1 Å². The van der Waals surface area contributed by atoms with Crippen LogP contribution in [0, 0.1) is 0 Å². The van der Waals surface area contributed by atoms with Crippen molar-refractivity contribution in [2.45, 2.75) is 12.6 Å². The molecule has 4 aromatic rings. The molecule has 126 valence electrons. The standard InChI is InChI=1S/C22H18N4/c1-2-7-22-20(6-1)25-15-26(22)19-5-3-4-18(12-19)23-13-16-8-10-17(11-9-16)21-14-24-21/h1-12,14-15,21,23H,13H2. The maximum atomic E-state index is 4.48. The summed E-state index contributed by atoms with van der Waals surface area (Å²) in [6.45, 7) is 0.792. The highest BCUT2D eigenvalue weighted by molar-refractivity contribution is 5.80. The first kappa shape index (κ1) is 14.9. The number of nitrogens with zero attached hydrogens (tertiary/aromatic N) is 3. The quantitative estimate of drug-likeness (QED) is 0.570. The Balaban J connectivity index is 1.34. The van der Waals surface area contributed by atoms with E-state index < -0.39 is 0 Å². The summed E-state index contributed by atoms with van der Waals surface area (Å²) in [4.78, 5) is 8.68. The van der Waals surface area contributed by atoms with Crippen molar-refractivity contribution in [2.24, 2.45) is 4.99 Å². The van der Waals surface area contributed by atoms with E-state index in [1.54, 1.807) is 0 Å². The fourth-order valence-electron chi connectivity index (χ4n) is 3.18. The predicted molar refractivity (Wildman–Crippen MR) is 106 cm³/mol. The van der Waals surface area contributed by atoms with Crippen LogP contribution in [0.2, 0.25) is 0 Å². The van der Waals surface area contributed by atoms with Gasteiger partial charge in [0.1, 0.15) is 12.4 Å². The van der Waals surface area contributed by atoms with Gasteiger partial charge < -0.3 is 5.32 Å². The predicted octanol–water partition coefficient (Wildman–Crippen LogP) is 4.76. The minimum Gasteiger partial charge on any atom is -0.381 e. The van der Waals surface area contributed by atoms with Crippen molar-refractivity contribution in [1.82, 2.24) is 9.55 Å². The molecule has 0 saturated heterocycles. The summed E-state index contributed by atoms with van der Waals surface area (Å²) in [5.41, 5.74) is 6.84. The first-order chi connectivity index (χ1) is 12.9. The molecule has 0 radical (unpaired) electrons. The Morgan fingerprint density at radius 3 is 2.62 bits per heavy atom. The molecule has 4 nitrogen and oxygen atoms in total. The normalized spacial score (nSPS) is 15.3. The molecule has 4 heteroatoms. The fraction of sp³-hybridized carbons (Fsp3) is 0.0909. The van der Waals surface area contributed by atoms with Crippen LogP contribution in [0.15, 0.2) is 84.1 Å². The second-order valence-corrected chi connectivity index (χ2v) is 6.49. The van der Waals surface area contributed by atoms with Crippen LogP contribution in [-0.2, 0) is 6.54 Å². The minimum atomic E-state index is 0.318. The van der Waals surface area contributed by atoms with Crippen molar-refractivity contribution in [3.05, 3.63) is 90.3 Å². The molecular weight excluding hydrogens is 320 g/mol. The zero-order chi connectivity index (χ0) is 17.3. The molecule has 0 saturated carbocycles. The first-order valence-electron chi connectivity index (χ1n) is 8.75. The van der Waals surface area contributed by atoms with Crippen molar-refractivity contribution in [3.8, 4) is 5.69 Å². The first-order valence-corrected chi connectivity index (χ1v) is 8.75. The lowest BCUT2D eigenvalue weighted by molar-refractivity contribution is 1.08. The number of anilines is 1. The van der Waals surface area contributed by atoms with Gasteiger partial charge in [0.05, 0.1) is 11.0 Å². The number of aromatic nitrogens is 2. The van der Waals surface area contributed by atoms with E-state index in [-0.39, 0.29) is 0 Å². The van der Waals surface area contributed by atoms with Gasteiger partial charge in [-0.3, -0.25) is 9.56 Å². The molecule has 26 heavy (non-hydrogen) atoms. The SMILES string of the molecule is C1=NC1c1ccc(CNc2cccc(-n3cnc4ccccc43)c2)cc1. The number of para-hydroxylation sites is 2. The molecule has 3 aromatic carbocycles. The number of rotatable bonds is 5. The third-order valence-electron chi connectivity index (χ3n) is 4.69. The van der Waals surface area contributed by atoms with Gasteiger partial charge in [-0.05, 0) is 41.5 Å². The lowest BCUT2D eigenvalue weighted by Crippen LogP contribution is -2.01. The zero-order valence-electron chi connectivity index (χ0n) is 14.2. The van der Waals surface area contributed by atoms with Crippen molar-refractivity contribution < 1.29 is 0 Å². The van der Waals surface area contributed by atoms with Crippen molar-refractivity contribution in [3.63, 3.8) is 0 Å². The van der Waals surface area contributed by atoms with Crippen LogP contribution in [0.25, 0.3) is 16.7 Å². The van der Waals surface area contributed by atoms with E-state index >= 15 is 0 Å². The molecule has 1 N–H and O–H groups in total. The Morgan fingerprint density at radius 1 is 0.923 bits per heavy atom. The molecule has 1 aliphatic heterocycles. The smallest absolute Gasteiger partial charge is 0.109 e. The van der Waals surface area contributed by atoms with Crippen LogP contribution in [0.3, 0.4) is 0 Å². The molecule has 1 unspecified atom stereocenters. The Bertz CT molecular complexity index is 1090. The molecule has 0 fully saturated rings. The summed E-state index contributed by atoms with van der Waals surface area (Å²) in [5.74, 6) is 0. The van der Waals surface area contributed by atoms with E-state index in [1.165, 1.54) is 11.1 Å². The molecule has 5 rings (SSSR count). The Hall–Kier alpha value is -3.40. The van der Waals surface area contributed by atoms with Crippen LogP contribution in [0.4, 0.5) is 5.69 Å². The van der Waals surface area contributed by atoms with Crippen LogP contribution < -0.4 is 5.32 Å². The van der Waals surface area contributed by atoms with Gasteiger partial charge in [-0.2, -0.15) is 0 Å². The summed E-state index contributed by atoms with van der Waals surface area (Å²) in [6.07, 6.45) is 3.85. The highest BCUT2D eigenvalue weighted by Crippen LogP contribution is 2.25. The largest absolute Gasteiger partial charge is 0.381 e. The van der Waals surface area contributed by atoms with E-state index in [9.17, 15) is 0 Å². The average Bonchev–Trinajstić information content (AvgIpc) is 3.46. The lowest BCUT2D eigenvalue weighted by Gasteiger charge is -2.10. The number of nitrogens with one attached hydrogen (secondary N) is 1. The minimum absolute atomic E-state index is 0.318. The van der Waals surface area contributed by atoms with Crippen LogP contribution in [0.5, 0.6) is 0 Å². The van der Waals surface area contributed by atoms with Gasteiger partial charge in [-0.25, -0.2) is 4.98 Å². The maximum absolute atomic E-state index is 4.48. The van der Waals surface area contributed by atoms with E-state index in [1.807, 2.05) is 30.7 Å². The molecule has 2 heterocycles. The molecule has 0 amide bonds. The molecule has 0 spiro atoms. The highest BCUT2D eigenvalue weighted by atomic mass is 15.0. The summed E-state index contributed by atoms with van der Waals surface area (Å²) < 4.78 is 2.12. The average molecular weight is 338 g/mol. The van der Waals surface area contributed by atoms with Gasteiger partial charge >= 0.3 is 0 Å². The maximum Gasteiger partial charge on any atom is 0.109 e. The molecule has 1 atom stereocenters. The summed E-state index contributed by atoms with van der Waals surface area (Å²) in [5, 5.41) is 3.51. The molecule has 1 aromatic heterocycles. The number of fused-ring (bicyclic) bond motifs is 1. The number of hydrogen-bond acceptors (Lipinski definition) is 3. The van der Waals surface area contributed by atoms with Crippen molar-refractivity contribution in [2.75, 3.05) is 5.32 Å². The van der Waals surface area contributed by atoms with Gasteiger partial charge in [-0.1, -0.05) is 42.5 Å². The second kappa shape index (κ2) is 6.15. The monoisotopic (exact) mass is 338 g/mol. The third-order valence-corrected chi connectivity index (χ3v) is 4.69. The van der Waals surface area contributed by atoms with Crippen LogP contribution >= 0.6 is 0 Å². The van der Waals surface area contributed by atoms with Gasteiger partial charge in [0.2, 0.25) is 0 Å². The third kappa shape index (κ3) is 2.86. The van der Waals surface area contributed by atoms with Crippen LogP contribution in [0.1, 0.15) is 17.2 Å². The highest BCUT2D eigenvalue weighted by Gasteiger charge is 2.14. The molecule has 1 aliphatic rings. The van der Waals surface area contributed by atoms with Crippen molar-refractivity contribution in [1.29, 1.82) is 0 Å². The summed E-state index contributed by atoms with van der Waals surface area (Å²) in [6, 6.07) is 25.5. The number of benzene rings is 3. The summed E-state index contributed by atoms with van der Waals surface area (Å²) >= 11 is 0. The van der Waals surface area contributed by atoms with Crippen molar-refractivity contribution >= 4 is 22.9 Å². The second-order valence-electron chi connectivity index (χ2n) is 6.49. The number of imidazole rings is 1.